The van der Waals surface area contributed by atoms with Gasteiger partial charge in [-0.3, -0.25) is 10.2 Å². The Hall–Kier alpha value is -3.20. The topological polar surface area (TPSA) is 101 Å². The van der Waals surface area contributed by atoms with Gasteiger partial charge in [-0.1, -0.05) is 0 Å². The lowest BCUT2D eigenvalue weighted by Gasteiger charge is -2.25. The van der Waals surface area contributed by atoms with Crippen LogP contribution in [0.1, 0.15) is 24.2 Å². The SMILES string of the molecule is CC1NNC(C(F)(F)F)C1NC(=O)c1cc(F)c(-c2ccc(F)c(N)n2)cc1OC(C)C(F)(F)F. The Labute approximate surface area is 193 Å². The fraction of sp³-hybridized carbons (Fsp3) is 0.400. The predicted octanol–water partition coefficient (Wildman–Crippen LogP) is 3.46. The molecule has 5 N–H and O–H groups in total. The minimum Gasteiger partial charge on any atom is -0.480 e. The van der Waals surface area contributed by atoms with Crippen LogP contribution in [0.25, 0.3) is 11.3 Å². The molecule has 15 heteroatoms. The molecule has 1 aliphatic heterocycles. The summed E-state index contributed by atoms with van der Waals surface area (Å²) in [4.78, 5) is 16.4. The molecule has 1 aromatic heterocycles. The number of amides is 1. The summed E-state index contributed by atoms with van der Waals surface area (Å²) in [7, 11) is 0. The van der Waals surface area contributed by atoms with Gasteiger partial charge >= 0.3 is 12.4 Å². The van der Waals surface area contributed by atoms with Crippen LogP contribution in [0.15, 0.2) is 24.3 Å². The van der Waals surface area contributed by atoms with Gasteiger partial charge in [-0.25, -0.2) is 19.2 Å². The molecule has 1 amide bonds. The molecule has 0 radical (unpaired) electrons. The highest BCUT2D eigenvalue weighted by Crippen LogP contribution is 2.34. The van der Waals surface area contributed by atoms with Gasteiger partial charge in [0.1, 0.15) is 17.6 Å². The highest BCUT2D eigenvalue weighted by Gasteiger charge is 2.51. The van der Waals surface area contributed by atoms with Crippen molar-refractivity contribution >= 4 is 11.7 Å². The Balaban J connectivity index is 2.04. The molecule has 3 rings (SSSR count). The maximum absolute atomic E-state index is 14.9. The van der Waals surface area contributed by atoms with Crippen LogP contribution in [0.4, 0.5) is 40.9 Å². The molecule has 0 aliphatic carbocycles. The average Bonchev–Trinajstić information content (AvgIpc) is 3.11. The van der Waals surface area contributed by atoms with E-state index in [-0.39, 0.29) is 5.69 Å². The highest BCUT2D eigenvalue weighted by molar-refractivity contribution is 5.98. The quantitative estimate of drug-likeness (QED) is 0.457. The van der Waals surface area contributed by atoms with Crippen LogP contribution in [-0.4, -0.2) is 47.5 Å². The molecular weight excluding hydrogens is 494 g/mol. The number of ether oxygens (including phenoxy) is 1. The molecule has 2 aromatic rings. The van der Waals surface area contributed by atoms with Crippen molar-refractivity contribution in [2.45, 2.75) is 50.4 Å². The summed E-state index contributed by atoms with van der Waals surface area (Å²) in [5, 5.41) is 2.06. The fourth-order valence-electron chi connectivity index (χ4n) is 3.30. The molecule has 192 valence electrons. The maximum Gasteiger partial charge on any atom is 0.425 e. The van der Waals surface area contributed by atoms with Gasteiger partial charge < -0.3 is 15.8 Å². The molecule has 4 unspecified atom stereocenters. The largest absolute Gasteiger partial charge is 0.480 e. The van der Waals surface area contributed by atoms with Gasteiger partial charge in [0.05, 0.1) is 17.3 Å². The Bertz CT molecular complexity index is 1110. The molecule has 0 saturated carbocycles. The lowest BCUT2D eigenvalue weighted by atomic mass is 10.0. The summed E-state index contributed by atoms with van der Waals surface area (Å²) in [6, 6.07) is -1.72. The number of nitrogens with one attached hydrogen (secondary N) is 3. The lowest BCUT2D eigenvalue weighted by molar-refractivity contribution is -0.189. The monoisotopic (exact) mass is 513 g/mol. The Morgan fingerprint density at radius 1 is 1.11 bits per heavy atom. The van der Waals surface area contributed by atoms with Gasteiger partial charge in [0.25, 0.3) is 5.91 Å². The van der Waals surface area contributed by atoms with Gasteiger partial charge in [-0.2, -0.15) is 26.3 Å². The standard InChI is InChI=1S/C20H19F8N5O2/c1-7-15(16(33-32-7)20(26,27)28)31-18(34)10-5-12(22)9(13-4-3-11(21)17(29)30-13)6-14(10)35-8(2)19(23,24)25/h3-8,15-16,32-33H,1-2H3,(H2,29,30)(H,31,34). The number of alkyl halides is 6. The third-order valence-corrected chi connectivity index (χ3v) is 5.24. The molecule has 7 nitrogen and oxygen atoms in total. The number of pyridine rings is 1. The minimum atomic E-state index is -4.89. The highest BCUT2D eigenvalue weighted by atomic mass is 19.4. The normalized spacial score (nSPS) is 21.6. The van der Waals surface area contributed by atoms with Crippen LogP contribution in [0.3, 0.4) is 0 Å². The molecule has 1 aromatic carbocycles. The van der Waals surface area contributed by atoms with E-state index in [0.29, 0.717) is 19.1 Å². The summed E-state index contributed by atoms with van der Waals surface area (Å²) in [6.07, 6.45) is -12.2. The number of nitrogens with two attached hydrogens (primary N) is 1. The summed E-state index contributed by atoms with van der Waals surface area (Å²) < 4.78 is 112. The van der Waals surface area contributed by atoms with Gasteiger partial charge in [0.15, 0.2) is 17.7 Å². The summed E-state index contributed by atoms with van der Waals surface area (Å²) in [6.45, 7) is 1.94. The number of nitrogens with zero attached hydrogens (tertiary/aromatic N) is 1. The van der Waals surface area contributed by atoms with E-state index < -0.39 is 76.8 Å². The fourth-order valence-corrected chi connectivity index (χ4v) is 3.30. The van der Waals surface area contributed by atoms with Gasteiger partial charge in [-0.05, 0) is 38.1 Å². The summed E-state index contributed by atoms with van der Waals surface area (Å²) in [5.74, 6) is -4.85. The zero-order valence-electron chi connectivity index (χ0n) is 18.0. The zero-order valence-corrected chi connectivity index (χ0v) is 18.0. The van der Waals surface area contributed by atoms with E-state index in [2.05, 4.69) is 15.7 Å². The second kappa shape index (κ2) is 9.45. The number of carbonyl (C=O) groups is 1. The summed E-state index contributed by atoms with van der Waals surface area (Å²) >= 11 is 0. The minimum absolute atomic E-state index is 0.284. The van der Waals surface area contributed by atoms with Crippen LogP contribution in [0, 0.1) is 11.6 Å². The number of hydrogen-bond donors (Lipinski definition) is 4. The first kappa shape index (κ1) is 26.4. The number of nitrogen functional groups attached to an aromatic ring is 1. The molecule has 35 heavy (non-hydrogen) atoms. The van der Waals surface area contributed by atoms with E-state index in [1.54, 1.807) is 0 Å². The van der Waals surface area contributed by atoms with Crippen LogP contribution in [-0.2, 0) is 0 Å². The van der Waals surface area contributed by atoms with Crippen molar-refractivity contribution in [3.05, 3.63) is 41.5 Å². The third kappa shape index (κ3) is 5.73. The molecule has 2 heterocycles. The van der Waals surface area contributed by atoms with E-state index >= 15 is 0 Å². The van der Waals surface area contributed by atoms with Gasteiger partial charge in [0.2, 0.25) is 0 Å². The van der Waals surface area contributed by atoms with Crippen molar-refractivity contribution in [3.63, 3.8) is 0 Å². The number of carbonyl (C=O) groups excluding carboxylic acids is 1. The second-order valence-electron chi connectivity index (χ2n) is 7.79. The van der Waals surface area contributed by atoms with E-state index in [0.717, 1.165) is 12.1 Å². The Morgan fingerprint density at radius 3 is 2.34 bits per heavy atom. The van der Waals surface area contributed by atoms with Crippen LogP contribution in [0.2, 0.25) is 0 Å². The smallest absolute Gasteiger partial charge is 0.425 e. The predicted molar refractivity (Wildman–Crippen MR) is 107 cm³/mol. The van der Waals surface area contributed by atoms with Gasteiger partial charge in [-0.15, -0.1) is 0 Å². The third-order valence-electron chi connectivity index (χ3n) is 5.24. The first-order chi connectivity index (χ1) is 16.1. The van der Waals surface area contributed by atoms with Crippen molar-refractivity contribution in [1.82, 2.24) is 21.2 Å². The number of halogens is 8. The van der Waals surface area contributed by atoms with E-state index in [1.165, 1.54) is 6.92 Å². The number of hydrogen-bond acceptors (Lipinski definition) is 6. The number of anilines is 1. The average molecular weight is 513 g/mol. The molecule has 1 aliphatic rings. The number of hydrazine groups is 1. The Morgan fingerprint density at radius 2 is 1.77 bits per heavy atom. The van der Waals surface area contributed by atoms with E-state index in [1.807, 2.05) is 5.43 Å². The zero-order chi connectivity index (χ0) is 26.3. The van der Waals surface area contributed by atoms with Crippen LogP contribution in [0.5, 0.6) is 5.75 Å². The maximum atomic E-state index is 14.9. The van der Waals surface area contributed by atoms with Crippen LogP contribution >= 0.6 is 0 Å². The van der Waals surface area contributed by atoms with Crippen molar-refractivity contribution in [1.29, 1.82) is 0 Å². The van der Waals surface area contributed by atoms with E-state index in [9.17, 15) is 39.9 Å². The number of rotatable bonds is 5. The van der Waals surface area contributed by atoms with Crippen molar-refractivity contribution in [2.75, 3.05) is 5.73 Å². The second-order valence-corrected chi connectivity index (χ2v) is 7.79. The molecule has 0 bridgehead atoms. The molecule has 1 fully saturated rings. The van der Waals surface area contributed by atoms with Crippen LogP contribution < -0.4 is 26.6 Å². The molecule has 4 atom stereocenters. The summed E-state index contributed by atoms with van der Waals surface area (Å²) in [5.41, 5.74) is 8.09. The van der Waals surface area contributed by atoms with E-state index in [4.69, 9.17) is 10.5 Å². The molecule has 1 saturated heterocycles. The Kier molecular flexibility index (Phi) is 7.13. The molecular formula is C20H19F8N5O2. The molecule has 0 spiro atoms. The van der Waals surface area contributed by atoms with Crippen molar-refractivity contribution in [2.24, 2.45) is 0 Å². The first-order valence-electron chi connectivity index (χ1n) is 9.97. The lowest BCUT2D eigenvalue weighted by Crippen LogP contribution is -2.53. The van der Waals surface area contributed by atoms with Crippen molar-refractivity contribution in [3.8, 4) is 17.0 Å². The number of benzene rings is 1. The first-order valence-corrected chi connectivity index (χ1v) is 9.97. The number of aromatic nitrogens is 1. The van der Waals surface area contributed by atoms with Gasteiger partial charge in [0, 0.05) is 11.6 Å². The van der Waals surface area contributed by atoms with Crippen molar-refractivity contribution < 1.29 is 44.7 Å².